The Kier molecular flexibility index (Phi) is 3.77. The number of benzene rings is 1. The van der Waals surface area contributed by atoms with Gasteiger partial charge < -0.3 is 19.3 Å². The molecule has 0 saturated carbocycles. The highest BCUT2D eigenvalue weighted by molar-refractivity contribution is 5.95. The van der Waals surface area contributed by atoms with Crippen LogP contribution in [0.5, 0.6) is 11.5 Å². The van der Waals surface area contributed by atoms with E-state index in [2.05, 4.69) is 5.10 Å². The van der Waals surface area contributed by atoms with Crippen molar-refractivity contribution in [2.45, 2.75) is 25.0 Å². The lowest BCUT2D eigenvalue weighted by Gasteiger charge is -2.41. The molecule has 0 N–H and O–H groups in total. The standard InChI is InChI=1S/C19H20N4O4/c24-18-6-3-7-22(18)13-8-20-23(11-13)14-9-21(10-14)19(25)17-12-26-15-4-1-2-5-16(15)27-17/h1-2,4-5,8,11,14,17H,3,6-7,9-10,12H2. The number of carbonyl (C=O) groups is 2. The number of hydrogen-bond acceptors (Lipinski definition) is 5. The van der Waals surface area contributed by atoms with E-state index in [-0.39, 0.29) is 24.5 Å². The van der Waals surface area contributed by atoms with Gasteiger partial charge in [0.25, 0.3) is 5.91 Å². The number of para-hydroxylation sites is 2. The summed E-state index contributed by atoms with van der Waals surface area (Å²) in [5.41, 5.74) is 0.836. The molecule has 3 aliphatic heterocycles. The van der Waals surface area contributed by atoms with Gasteiger partial charge in [0.2, 0.25) is 12.0 Å². The van der Waals surface area contributed by atoms with Gasteiger partial charge in [-0.25, -0.2) is 0 Å². The molecule has 0 radical (unpaired) electrons. The Labute approximate surface area is 156 Å². The molecule has 0 bridgehead atoms. The van der Waals surface area contributed by atoms with Gasteiger partial charge in [-0.05, 0) is 18.6 Å². The predicted molar refractivity (Wildman–Crippen MR) is 95.8 cm³/mol. The van der Waals surface area contributed by atoms with E-state index in [1.165, 1.54) is 0 Å². The van der Waals surface area contributed by atoms with Gasteiger partial charge >= 0.3 is 0 Å². The lowest BCUT2D eigenvalue weighted by Crippen LogP contribution is -2.56. The minimum atomic E-state index is -0.615. The Morgan fingerprint density at radius 3 is 2.78 bits per heavy atom. The molecule has 1 aromatic heterocycles. The smallest absolute Gasteiger partial charge is 0.267 e. The molecule has 0 aliphatic carbocycles. The number of fused-ring (bicyclic) bond motifs is 1. The Morgan fingerprint density at radius 2 is 2.00 bits per heavy atom. The van der Waals surface area contributed by atoms with Crippen LogP contribution < -0.4 is 14.4 Å². The van der Waals surface area contributed by atoms with Crippen LogP contribution in [0.4, 0.5) is 5.69 Å². The summed E-state index contributed by atoms with van der Waals surface area (Å²) in [5.74, 6) is 1.35. The maximum atomic E-state index is 12.7. The average Bonchev–Trinajstić information content (AvgIpc) is 3.29. The summed E-state index contributed by atoms with van der Waals surface area (Å²) in [6, 6.07) is 7.49. The van der Waals surface area contributed by atoms with Gasteiger partial charge in [-0.2, -0.15) is 5.10 Å². The minimum absolute atomic E-state index is 0.0668. The molecule has 27 heavy (non-hydrogen) atoms. The maximum absolute atomic E-state index is 12.7. The van der Waals surface area contributed by atoms with E-state index in [4.69, 9.17) is 9.47 Å². The molecule has 2 saturated heterocycles. The van der Waals surface area contributed by atoms with Crippen molar-refractivity contribution in [1.29, 1.82) is 0 Å². The van der Waals surface area contributed by atoms with E-state index in [1.54, 1.807) is 22.1 Å². The van der Waals surface area contributed by atoms with Crippen LogP contribution in [-0.2, 0) is 9.59 Å². The van der Waals surface area contributed by atoms with Crippen molar-refractivity contribution < 1.29 is 19.1 Å². The van der Waals surface area contributed by atoms with Gasteiger partial charge in [0, 0.05) is 32.3 Å². The maximum Gasteiger partial charge on any atom is 0.267 e. The first-order chi connectivity index (χ1) is 13.2. The third-order valence-corrected chi connectivity index (χ3v) is 5.31. The number of likely N-dealkylation sites (tertiary alicyclic amines) is 1. The number of aromatic nitrogens is 2. The minimum Gasteiger partial charge on any atom is -0.485 e. The third kappa shape index (κ3) is 2.81. The largest absolute Gasteiger partial charge is 0.485 e. The first kappa shape index (κ1) is 16.2. The zero-order valence-corrected chi connectivity index (χ0v) is 14.8. The molecule has 1 atom stereocenters. The normalized spacial score (nSPS) is 22.1. The van der Waals surface area contributed by atoms with Crippen LogP contribution in [0.25, 0.3) is 0 Å². The van der Waals surface area contributed by atoms with E-state index in [9.17, 15) is 9.59 Å². The van der Waals surface area contributed by atoms with Crippen LogP contribution in [0, 0.1) is 0 Å². The number of ether oxygens (including phenoxy) is 2. The zero-order valence-electron chi connectivity index (χ0n) is 14.8. The molecule has 8 nitrogen and oxygen atoms in total. The topological polar surface area (TPSA) is 76.9 Å². The number of nitrogens with zero attached hydrogens (tertiary/aromatic N) is 4. The monoisotopic (exact) mass is 368 g/mol. The van der Waals surface area contributed by atoms with Crippen molar-refractivity contribution >= 4 is 17.5 Å². The summed E-state index contributed by atoms with van der Waals surface area (Å²) < 4.78 is 13.3. The Morgan fingerprint density at radius 1 is 1.19 bits per heavy atom. The average molecular weight is 368 g/mol. The molecule has 2 amide bonds. The fourth-order valence-electron chi connectivity index (χ4n) is 3.74. The van der Waals surface area contributed by atoms with Crippen LogP contribution in [-0.4, -0.2) is 58.8 Å². The van der Waals surface area contributed by atoms with Crippen LogP contribution in [0.2, 0.25) is 0 Å². The van der Waals surface area contributed by atoms with Crippen LogP contribution in [0.15, 0.2) is 36.7 Å². The highest BCUT2D eigenvalue weighted by Crippen LogP contribution is 2.32. The number of anilines is 1. The van der Waals surface area contributed by atoms with Gasteiger partial charge in [-0.1, -0.05) is 12.1 Å². The highest BCUT2D eigenvalue weighted by Gasteiger charge is 2.39. The molecule has 8 heteroatoms. The Bertz CT molecular complexity index is 889. The molecular weight excluding hydrogens is 348 g/mol. The first-order valence-electron chi connectivity index (χ1n) is 9.21. The van der Waals surface area contributed by atoms with Gasteiger partial charge in [0.1, 0.15) is 6.61 Å². The zero-order chi connectivity index (χ0) is 18.4. The molecule has 4 heterocycles. The second kappa shape index (κ2) is 6.29. The summed E-state index contributed by atoms with van der Waals surface area (Å²) >= 11 is 0. The van der Waals surface area contributed by atoms with Crippen molar-refractivity contribution in [2.75, 3.05) is 31.1 Å². The summed E-state index contributed by atoms with van der Waals surface area (Å²) in [6.45, 7) is 2.13. The van der Waals surface area contributed by atoms with Crippen molar-refractivity contribution in [2.24, 2.45) is 0 Å². The van der Waals surface area contributed by atoms with Crippen LogP contribution >= 0.6 is 0 Å². The molecule has 0 spiro atoms. The van der Waals surface area contributed by atoms with E-state index in [0.717, 1.165) is 18.7 Å². The lowest BCUT2D eigenvalue weighted by molar-refractivity contribution is -0.147. The Hall–Kier alpha value is -3.03. The summed E-state index contributed by atoms with van der Waals surface area (Å²) in [5, 5.41) is 4.38. The van der Waals surface area contributed by atoms with Gasteiger partial charge in [-0.3, -0.25) is 14.3 Å². The quantitative estimate of drug-likeness (QED) is 0.815. The van der Waals surface area contributed by atoms with Crippen molar-refractivity contribution in [1.82, 2.24) is 14.7 Å². The van der Waals surface area contributed by atoms with Gasteiger partial charge in [0.15, 0.2) is 11.5 Å². The number of rotatable bonds is 3. The first-order valence-corrected chi connectivity index (χ1v) is 9.21. The fourth-order valence-corrected chi connectivity index (χ4v) is 3.74. The number of hydrogen-bond donors (Lipinski definition) is 0. The molecular formula is C19H20N4O4. The molecule has 2 aromatic rings. The Balaban J connectivity index is 1.19. The number of carbonyl (C=O) groups excluding carboxylic acids is 2. The molecule has 1 unspecified atom stereocenters. The highest BCUT2D eigenvalue weighted by atomic mass is 16.6. The SMILES string of the molecule is O=C(C1COc2ccccc2O1)N1CC(n2cc(N3CCCC3=O)cn2)C1. The molecule has 3 aliphatic rings. The van der Waals surface area contributed by atoms with Gasteiger partial charge in [0.05, 0.1) is 17.9 Å². The summed E-state index contributed by atoms with van der Waals surface area (Å²) in [7, 11) is 0. The predicted octanol–water partition coefficient (Wildman–Crippen LogP) is 1.23. The molecule has 2 fully saturated rings. The third-order valence-electron chi connectivity index (χ3n) is 5.31. The second-order valence-electron chi connectivity index (χ2n) is 7.09. The molecule has 5 rings (SSSR count). The van der Waals surface area contributed by atoms with E-state index < -0.39 is 6.10 Å². The summed E-state index contributed by atoms with van der Waals surface area (Å²) in [6.07, 6.45) is 4.50. The van der Waals surface area contributed by atoms with Crippen molar-refractivity contribution in [3.05, 3.63) is 36.7 Å². The second-order valence-corrected chi connectivity index (χ2v) is 7.09. The van der Waals surface area contributed by atoms with Crippen LogP contribution in [0.3, 0.4) is 0 Å². The molecule has 140 valence electrons. The fraction of sp³-hybridized carbons (Fsp3) is 0.421. The van der Waals surface area contributed by atoms with E-state index in [0.29, 0.717) is 31.0 Å². The summed E-state index contributed by atoms with van der Waals surface area (Å²) in [4.78, 5) is 28.0. The van der Waals surface area contributed by atoms with Gasteiger partial charge in [-0.15, -0.1) is 0 Å². The van der Waals surface area contributed by atoms with E-state index in [1.807, 2.05) is 29.1 Å². The number of amides is 2. The van der Waals surface area contributed by atoms with Crippen LogP contribution in [0.1, 0.15) is 18.9 Å². The lowest BCUT2D eigenvalue weighted by atomic mass is 10.1. The van der Waals surface area contributed by atoms with Crippen molar-refractivity contribution in [3.63, 3.8) is 0 Å². The van der Waals surface area contributed by atoms with E-state index >= 15 is 0 Å². The van der Waals surface area contributed by atoms with Crippen molar-refractivity contribution in [3.8, 4) is 11.5 Å². The molecule has 1 aromatic carbocycles.